The molecule has 3 N–H and O–H groups in total. The summed E-state index contributed by atoms with van der Waals surface area (Å²) < 4.78 is 9.98. The van der Waals surface area contributed by atoms with Gasteiger partial charge in [-0.1, -0.05) is 0 Å². The standard InChI is InChI=1S/C9H15N3O2S/c1-13-4-3-11-9(12-10)8-5-7(14-2)6-15-8/h5-6H,3-4,10H2,1-2H3,(H,11,12). The van der Waals surface area contributed by atoms with Gasteiger partial charge in [0.15, 0.2) is 5.84 Å². The Morgan fingerprint density at radius 3 is 2.93 bits per heavy atom. The van der Waals surface area contributed by atoms with E-state index >= 15 is 0 Å². The molecule has 0 amide bonds. The highest BCUT2D eigenvalue weighted by atomic mass is 32.1. The first-order valence-corrected chi connectivity index (χ1v) is 5.32. The lowest BCUT2D eigenvalue weighted by atomic mass is 10.4. The van der Waals surface area contributed by atoms with E-state index in [0.29, 0.717) is 19.0 Å². The van der Waals surface area contributed by atoms with Crippen LogP contribution in [0.3, 0.4) is 0 Å². The summed E-state index contributed by atoms with van der Waals surface area (Å²) >= 11 is 1.53. The van der Waals surface area contributed by atoms with Crippen molar-refractivity contribution in [2.75, 3.05) is 27.4 Å². The zero-order valence-corrected chi connectivity index (χ0v) is 9.63. The van der Waals surface area contributed by atoms with Crippen LogP contribution in [-0.2, 0) is 4.74 Å². The number of ether oxygens (including phenoxy) is 2. The van der Waals surface area contributed by atoms with Gasteiger partial charge in [-0.2, -0.15) is 0 Å². The van der Waals surface area contributed by atoms with E-state index in [9.17, 15) is 0 Å². The fourth-order valence-electron chi connectivity index (χ4n) is 0.993. The third kappa shape index (κ3) is 3.50. The monoisotopic (exact) mass is 229 g/mol. The molecule has 1 aromatic heterocycles. The van der Waals surface area contributed by atoms with Crippen molar-refractivity contribution in [3.8, 4) is 5.75 Å². The number of hydrogen-bond donors (Lipinski definition) is 2. The number of methoxy groups -OCH3 is 2. The molecule has 0 atom stereocenters. The van der Waals surface area contributed by atoms with Crippen molar-refractivity contribution < 1.29 is 9.47 Å². The van der Waals surface area contributed by atoms with Gasteiger partial charge in [0.05, 0.1) is 25.1 Å². The first kappa shape index (κ1) is 12.0. The van der Waals surface area contributed by atoms with Gasteiger partial charge in [-0.3, -0.25) is 4.99 Å². The van der Waals surface area contributed by atoms with E-state index in [0.717, 1.165) is 10.6 Å². The normalized spacial score (nSPS) is 11.5. The topological polar surface area (TPSA) is 68.9 Å². The summed E-state index contributed by atoms with van der Waals surface area (Å²) in [5.41, 5.74) is 2.56. The lowest BCUT2D eigenvalue weighted by Gasteiger charge is -2.02. The molecule has 1 aromatic rings. The Bertz CT molecular complexity index is 325. The summed E-state index contributed by atoms with van der Waals surface area (Å²) in [6, 6.07) is 1.89. The van der Waals surface area contributed by atoms with Crippen molar-refractivity contribution in [2.45, 2.75) is 0 Å². The van der Waals surface area contributed by atoms with Crippen LogP contribution < -0.4 is 16.0 Å². The SMILES string of the molecule is COCCN=C(NN)c1cc(OC)cs1. The molecule has 1 rings (SSSR count). The smallest absolute Gasteiger partial charge is 0.153 e. The molecular formula is C9H15N3O2S. The number of nitrogens with zero attached hydrogens (tertiary/aromatic N) is 1. The van der Waals surface area contributed by atoms with Crippen molar-refractivity contribution in [1.82, 2.24) is 5.43 Å². The predicted octanol–water partition coefficient (Wildman–Crippen LogP) is 0.613. The Labute approximate surface area is 92.9 Å². The maximum Gasteiger partial charge on any atom is 0.153 e. The molecule has 5 nitrogen and oxygen atoms in total. The quantitative estimate of drug-likeness (QED) is 0.255. The average molecular weight is 229 g/mol. The molecule has 6 heteroatoms. The van der Waals surface area contributed by atoms with Gasteiger partial charge in [0.2, 0.25) is 0 Å². The van der Waals surface area contributed by atoms with E-state index in [1.165, 1.54) is 11.3 Å². The Morgan fingerprint density at radius 1 is 1.60 bits per heavy atom. The summed E-state index contributed by atoms with van der Waals surface area (Å²) in [6.45, 7) is 1.16. The summed E-state index contributed by atoms with van der Waals surface area (Å²) in [6.07, 6.45) is 0. The molecule has 0 aliphatic heterocycles. The van der Waals surface area contributed by atoms with Crippen LogP contribution in [0.4, 0.5) is 0 Å². The van der Waals surface area contributed by atoms with Crippen LogP contribution in [0.1, 0.15) is 4.88 Å². The lowest BCUT2D eigenvalue weighted by molar-refractivity contribution is 0.208. The van der Waals surface area contributed by atoms with E-state index in [4.69, 9.17) is 15.3 Å². The molecule has 0 unspecified atom stereocenters. The third-order valence-corrected chi connectivity index (χ3v) is 2.66. The Balaban J connectivity index is 2.68. The van der Waals surface area contributed by atoms with Crippen molar-refractivity contribution in [1.29, 1.82) is 0 Å². The van der Waals surface area contributed by atoms with E-state index in [2.05, 4.69) is 10.4 Å². The second-order valence-corrected chi connectivity index (χ2v) is 3.63. The molecule has 0 bridgehead atoms. The van der Waals surface area contributed by atoms with Crippen LogP contribution in [0.15, 0.2) is 16.4 Å². The molecule has 0 aromatic carbocycles. The Hall–Kier alpha value is -1.11. The van der Waals surface area contributed by atoms with Gasteiger partial charge in [0.1, 0.15) is 5.75 Å². The Kier molecular flexibility index (Phi) is 5.09. The van der Waals surface area contributed by atoms with E-state index < -0.39 is 0 Å². The highest BCUT2D eigenvalue weighted by Crippen LogP contribution is 2.20. The minimum Gasteiger partial charge on any atom is -0.496 e. The van der Waals surface area contributed by atoms with Crippen LogP contribution in [0.25, 0.3) is 0 Å². The third-order valence-electron chi connectivity index (χ3n) is 1.75. The lowest BCUT2D eigenvalue weighted by Crippen LogP contribution is -2.30. The van der Waals surface area contributed by atoms with Gasteiger partial charge >= 0.3 is 0 Å². The number of nitrogens with two attached hydrogens (primary N) is 1. The molecule has 0 spiro atoms. The number of amidine groups is 1. The second kappa shape index (κ2) is 6.39. The van der Waals surface area contributed by atoms with Gasteiger partial charge in [-0.05, 0) is 0 Å². The van der Waals surface area contributed by atoms with Crippen LogP contribution in [0.5, 0.6) is 5.75 Å². The molecule has 0 radical (unpaired) electrons. The van der Waals surface area contributed by atoms with Gasteiger partial charge in [0, 0.05) is 18.6 Å². The van der Waals surface area contributed by atoms with Crippen molar-refractivity contribution in [3.63, 3.8) is 0 Å². The summed E-state index contributed by atoms with van der Waals surface area (Å²) in [4.78, 5) is 5.21. The zero-order chi connectivity index (χ0) is 11.1. The van der Waals surface area contributed by atoms with Crippen LogP contribution in [-0.4, -0.2) is 33.2 Å². The fraction of sp³-hybridized carbons (Fsp3) is 0.444. The summed E-state index contributed by atoms with van der Waals surface area (Å²) in [7, 11) is 3.27. The highest BCUT2D eigenvalue weighted by molar-refractivity contribution is 7.12. The molecule has 84 valence electrons. The minimum absolute atomic E-state index is 0.577. The fourth-order valence-corrected chi connectivity index (χ4v) is 1.82. The number of hydrazine groups is 1. The van der Waals surface area contributed by atoms with Crippen LogP contribution in [0.2, 0.25) is 0 Å². The van der Waals surface area contributed by atoms with Gasteiger partial charge in [-0.15, -0.1) is 11.3 Å². The number of rotatable bonds is 5. The molecule has 0 saturated heterocycles. The van der Waals surface area contributed by atoms with E-state index in [1.54, 1.807) is 14.2 Å². The number of nitrogens with one attached hydrogen (secondary N) is 1. The maximum absolute atomic E-state index is 5.38. The largest absolute Gasteiger partial charge is 0.496 e. The first-order chi connectivity index (χ1) is 7.31. The second-order valence-electron chi connectivity index (χ2n) is 2.72. The molecule has 0 fully saturated rings. The average Bonchev–Trinajstić information content (AvgIpc) is 2.73. The predicted molar refractivity (Wildman–Crippen MR) is 61.5 cm³/mol. The Morgan fingerprint density at radius 2 is 2.40 bits per heavy atom. The van der Waals surface area contributed by atoms with Gasteiger partial charge < -0.3 is 14.9 Å². The first-order valence-electron chi connectivity index (χ1n) is 4.44. The maximum atomic E-state index is 5.38. The number of aliphatic imine (C=N–C) groups is 1. The molecule has 0 saturated carbocycles. The van der Waals surface area contributed by atoms with E-state index in [-0.39, 0.29) is 0 Å². The van der Waals surface area contributed by atoms with Crippen LogP contribution >= 0.6 is 11.3 Å². The minimum atomic E-state index is 0.577. The van der Waals surface area contributed by atoms with Gasteiger partial charge in [0.25, 0.3) is 0 Å². The van der Waals surface area contributed by atoms with Gasteiger partial charge in [-0.25, -0.2) is 5.84 Å². The summed E-state index contributed by atoms with van der Waals surface area (Å²) in [5.74, 6) is 6.84. The zero-order valence-electron chi connectivity index (χ0n) is 8.82. The molecule has 0 aliphatic carbocycles. The number of thiophene rings is 1. The van der Waals surface area contributed by atoms with E-state index in [1.807, 2.05) is 11.4 Å². The van der Waals surface area contributed by atoms with Crippen molar-refractivity contribution in [3.05, 3.63) is 16.3 Å². The van der Waals surface area contributed by atoms with Crippen LogP contribution in [0, 0.1) is 0 Å². The highest BCUT2D eigenvalue weighted by Gasteiger charge is 2.05. The van der Waals surface area contributed by atoms with Crippen molar-refractivity contribution in [2.24, 2.45) is 10.8 Å². The summed E-state index contributed by atoms with van der Waals surface area (Å²) in [5, 5.41) is 1.90. The molecule has 1 heterocycles. The molecular weight excluding hydrogens is 214 g/mol. The van der Waals surface area contributed by atoms with Crippen molar-refractivity contribution >= 4 is 17.2 Å². The number of hydrogen-bond acceptors (Lipinski definition) is 5. The molecule has 15 heavy (non-hydrogen) atoms. The molecule has 0 aliphatic rings.